The van der Waals surface area contributed by atoms with Crippen molar-refractivity contribution in [2.24, 2.45) is 0 Å². The van der Waals surface area contributed by atoms with Gasteiger partial charge in [-0.25, -0.2) is 19.6 Å². The van der Waals surface area contributed by atoms with E-state index in [4.69, 9.17) is 19.4 Å². The highest BCUT2D eigenvalue weighted by atomic mass is 16.5. The number of carbonyl (C=O) groups is 6. The molecule has 8 N–H and O–H groups in total. The zero-order valence-electron chi connectivity index (χ0n) is 44.3. The predicted molar refractivity (Wildman–Crippen MR) is 284 cm³/mol. The highest BCUT2D eigenvalue weighted by Gasteiger charge is 2.28. The average Bonchev–Trinajstić information content (AvgIpc) is 4.01. The number of allylic oxidation sites excluding steroid dienone is 4. The van der Waals surface area contributed by atoms with E-state index in [1.54, 1.807) is 6.07 Å². The summed E-state index contributed by atoms with van der Waals surface area (Å²) in [6.07, 6.45) is 8.51. The third-order valence-corrected chi connectivity index (χ3v) is 13.9. The summed E-state index contributed by atoms with van der Waals surface area (Å²) in [4.78, 5) is 90.9. The van der Waals surface area contributed by atoms with Crippen LogP contribution in [-0.2, 0) is 38.2 Å². The van der Waals surface area contributed by atoms with E-state index in [0.717, 1.165) is 107 Å². The van der Waals surface area contributed by atoms with E-state index in [-0.39, 0.29) is 37.9 Å². The standard InChI is InChI=1S/C56H76N6O12/c1-9-11-13-15-17-23-73-35(7)53-33(5)41-25-39-31(3)37(19-21-49(63)61-47(55(69)70)29-51(65)66)43(57-39)28-44-38(20-22-50(64)62-48(56(71)72)30-52(67)68)32(4)40(58-44)26-45-54(34(6)42(60-45)27-46(53)59-41)36(8)74-24-18-16-14-12-10-2/h25-28,35-36,47-48,59-60H,9-24,29-30H2,1-8H3,(H,61,63)(H,62,64)(H,65,66)(H,67,68)(H,69,70)(H,71,72). The van der Waals surface area contributed by atoms with Crippen LogP contribution >= 0.6 is 0 Å². The molecule has 0 radical (unpaired) electrons. The zero-order valence-corrected chi connectivity index (χ0v) is 44.3. The van der Waals surface area contributed by atoms with E-state index >= 15 is 0 Å². The van der Waals surface area contributed by atoms with Crippen LogP contribution in [0.1, 0.15) is 202 Å². The summed E-state index contributed by atoms with van der Waals surface area (Å²) >= 11 is 0. The lowest BCUT2D eigenvalue weighted by atomic mass is 9.97. The first kappa shape index (κ1) is 58.2. The van der Waals surface area contributed by atoms with Crippen molar-refractivity contribution in [1.82, 2.24) is 30.6 Å². The first-order chi connectivity index (χ1) is 35.2. The quantitative estimate of drug-likeness (QED) is 0.0288. The number of aliphatic carboxylic acids is 4. The molecule has 8 bridgehead atoms. The molecule has 402 valence electrons. The van der Waals surface area contributed by atoms with Crippen LogP contribution in [-0.4, -0.2) is 101 Å². The smallest absolute Gasteiger partial charge is 0.326 e. The summed E-state index contributed by atoms with van der Waals surface area (Å²) in [6.45, 7) is 17.5. The van der Waals surface area contributed by atoms with Crippen LogP contribution in [0.5, 0.6) is 0 Å². The predicted octanol–water partition coefficient (Wildman–Crippen LogP) is 10.5. The van der Waals surface area contributed by atoms with E-state index in [0.29, 0.717) is 47.1 Å². The topological polar surface area (TPSA) is 283 Å². The van der Waals surface area contributed by atoms with Gasteiger partial charge in [0, 0.05) is 59.2 Å². The van der Waals surface area contributed by atoms with Gasteiger partial charge in [-0.1, -0.05) is 65.2 Å². The van der Waals surface area contributed by atoms with Crippen molar-refractivity contribution in [1.29, 1.82) is 0 Å². The fourth-order valence-electron chi connectivity index (χ4n) is 9.68. The molecule has 5 heterocycles. The number of nitrogens with zero attached hydrogens (tertiary/aromatic N) is 2. The normalized spacial score (nSPS) is 14.2. The number of carboxylic acid groups (broad SMARTS) is 4. The first-order valence-corrected chi connectivity index (χ1v) is 26.1. The number of H-pyrrole nitrogens is 2. The molecule has 3 aromatic rings. The van der Waals surface area contributed by atoms with Crippen LogP contribution in [0.25, 0.3) is 44.4 Å². The Morgan fingerprint density at radius 3 is 1.30 bits per heavy atom. The molecule has 0 aliphatic carbocycles. The van der Waals surface area contributed by atoms with Crippen molar-refractivity contribution >= 4 is 80.1 Å². The number of hydrogen-bond acceptors (Lipinski definition) is 10. The number of amides is 2. The first-order valence-electron chi connectivity index (χ1n) is 26.1. The Labute approximate surface area is 432 Å². The highest BCUT2D eigenvalue weighted by molar-refractivity contribution is 5.97. The molecule has 4 atom stereocenters. The lowest BCUT2D eigenvalue weighted by Crippen LogP contribution is -2.42. The van der Waals surface area contributed by atoms with Gasteiger partial charge in [-0.3, -0.25) is 19.2 Å². The number of fused-ring (bicyclic) bond motifs is 8. The van der Waals surface area contributed by atoms with Crippen molar-refractivity contribution < 1.29 is 58.7 Å². The Kier molecular flexibility index (Phi) is 21.7. The number of unbranched alkanes of at least 4 members (excludes halogenated alkanes) is 8. The van der Waals surface area contributed by atoms with E-state index in [9.17, 15) is 49.2 Å². The number of carbonyl (C=O) groups excluding carboxylic acids is 2. The van der Waals surface area contributed by atoms with Gasteiger partial charge in [-0.15, -0.1) is 0 Å². The molecule has 5 rings (SSSR count). The lowest BCUT2D eigenvalue weighted by molar-refractivity contribution is -0.147. The number of aromatic amines is 2. The van der Waals surface area contributed by atoms with Crippen LogP contribution in [0.2, 0.25) is 0 Å². The third-order valence-electron chi connectivity index (χ3n) is 13.9. The minimum absolute atomic E-state index is 0.0828. The Bertz CT molecular complexity index is 2790. The highest BCUT2D eigenvalue weighted by Crippen LogP contribution is 2.39. The van der Waals surface area contributed by atoms with Gasteiger partial charge in [0.15, 0.2) is 0 Å². The second-order valence-corrected chi connectivity index (χ2v) is 19.5. The van der Waals surface area contributed by atoms with Crippen molar-refractivity contribution in [2.45, 2.75) is 182 Å². The fraction of sp³-hybridized carbons (Fsp3) is 0.536. The second-order valence-electron chi connectivity index (χ2n) is 19.5. The maximum absolute atomic E-state index is 13.3. The number of aryl methyl sites for hydroxylation is 2. The fourth-order valence-corrected chi connectivity index (χ4v) is 9.68. The Balaban J connectivity index is 1.75. The molecule has 0 saturated heterocycles. The number of ether oxygens (including phenoxy) is 2. The van der Waals surface area contributed by atoms with Crippen molar-refractivity contribution in [3.63, 3.8) is 0 Å². The van der Waals surface area contributed by atoms with Gasteiger partial charge in [0.2, 0.25) is 11.8 Å². The van der Waals surface area contributed by atoms with Crippen molar-refractivity contribution in [3.8, 4) is 0 Å². The number of rotatable bonds is 30. The van der Waals surface area contributed by atoms with Crippen LogP contribution in [0.4, 0.5) is 0 Å². The largest absolute Gasteiger partial charge is 0.481 e. The number of carboxylic acids is 4. The maximum atomic E-state index is 13.3. The molecule has 2 aliphatic heterocycles. The molecule has 74 heavy (non-hydrogen) atoms. The van der Waals surface area contributed by atoms with E-state index in [1.165, 1.54) is 12.8 Å². The molecule has 0 spiro atoms. The molecule has 4 unspecified atom stereocenters. The molecule has 0 aromatic carbocycles. The maximum Gasteiger partial charge on any atom is 0.326 e. The minimum Gasteiger partial charge on any atom is -0.481 e. The SMILES string of the molecule is CCCCCCCOC(C)c1c(C)c2cc3[nH]c(cc4nc(cc5nc(cc1[nH]2)C(C)=C5CCC(=O)NC(CC(=O)O)C(=O)O)C(CCC(=O)NC(CC(=O)O)C(=O)O)=C4C)c(C)c3C(C)OCCCCCCC. The molecular weight excluding hydrogens is 949 g/mol. The summed E-state index contributed by atoms with van der Waals surface area (Å²) in [6, 6.07) is 4.50. The summed E-state index contributed by atoms with van der Waals surface area (Å²) in [5.74, 6) is -7.05. The second kappa shape index (κ2) is 27.6. The van der Waals surface area contributed by atoms with Gasteiger partial charge >= 0.3 is 23.9 Å². The lowest BCUT2D eigenvalue weighted by Gasteiger charge is -2.14. The van der Waals surface area contributed by atoms with Gasteiger partial charge in [-0.2, -0.15) is 0 Å². The summed E-state index contributed by atoms with van der Waals surface area (Å²) in [7, 11) is 0. The molecule has 2 aliphatic rings. The molecule has 0 saturated carbocycles. The van der Waals surface area contributed by atoms with Gasteiger partial charge < -0.3 is 50.5 Å². The number of aromatic nitrogens is 4. The summed E-state index contributed by atoms with van der Waals surface area (Å²) < 4.78 is 13.1. The van der Waals surface area contributed by atoms with E-state index in [2.05, 4.69) is 54.4 Å². The Morgan fingerprint density at radius 1 is 0.527 bits per heavy atom. The molecule has 18 heteroatoms. The molecule has 3 aromatic heterocycles. The molecule has 2 amide bonds. The molecule has 0 fully saturated rings. The Morgan fingerprint density at radius 2 is 0.905 bits per heavy atom. The van der Waals surface area contributed by atoms with Gasteiger partial charge in [0.1, 0.15) is 12.1 Å². The molecule has 18 nitrogen and oxygen atoms in total. The van der Waals surface area contributed by atoms with E-state index in [1.807, 2.05) is 39.8 Å². The van der Waals surface area contributed by atoms with Crippen LogP contribution in [0.15, 0.2) is 24.3 Å². The Hall–Kier alpha value is -6.66. The van der Waals surface area contributed by atoms with Crippen molar-refractivity contribution in [3.05, 3.63) is 69.3 Å². The third kappa shape index (κ3) is 15.7. The minimum atomic E-state index is -1.63. The van der Waals surface area contributed by atoms with Gasteiger partial charge in [0.25, 0.3) is 0 Å². The van der Waals surface area contributed by atoms with Crippen molar-refractivity contribution in [2.75, 3.05) is 13.2 Å². The van der Waals surface area contributed by atoms with Crippen LogP contribution in [0, 0.1) is 13.8 Å². The summed E-state index contributed by atoms with van der Waals surface area (Å²) in [5, 5.41) is 42.6. The average molecular weight is 1030 g/mol. The van der Waals surface area contributed by atoms with Crippen LogP contribution < -0.4 is 10.6 Å². The number of hydrogen-bond donors (Lipinski definition) is 8. The van der Waals surface area contributed by atoms with Crippen LogP contribution in [0.3, 0.4) is 0 Å². The van der Waals surface area contributed by atoms with Gasteiger partial charge in [-0.05, 0) is 125 Å². The van der Waals surface area contributed by atoms with Gasteiger partial charge in [0.05, 0.1) is 47.8 Å². The van der Waals surface area contributed by atoms with E-state index < -0.39 is 60.6 Å². The zero-order chi connectivity index (χ0) is 54.2. The number of nitrogens with one attached hydrogen (secondary N) is 4. The summed E-state index contributed by atoms with van der Waals surface area (Å²) in [5.41, 5.74) is 11.9. The molecular formula is C56H76N6O12. The monoisotopic (exact) mass is 1020 g/mol.